The lowest BCUT2D eigenvalue weighted by Gasteiger charge is -2.38. The molecular weight excluding hydrogens is 350 g/mol. The number of benzene rings is 3. The molecule has 4 nitrogen and oxygen atoms in total. The quantitative estimate of drug-likeness (QED) is 0.696. The van der Waals surface area contributed by atoms with Crippen LogP contribution < -0.4 is 14.8 Å². The summed E-state index contributed by atoms with van der Waals surface area (Å²) in [5.41, 5.74) is 0.666. The van der Waals surface area contributed by atoms with E-state index in [9.17, 15) is 4.79 Å². The molecule has 1 amide bonds. The second-order valence-corrected chi connectivity index (χ2v) is 7.90. The number of carbonyl (C=O) groups excluding carboxylic acids is 1. The third-order valence-corrected chi connectivity index (χ3v) is 5.12. The van der Waals surface area contributed by atoms with Crippen LogP contribution in [0.15, 0.2) is 66.7 Å². The summed E-state index contributed by atoms with van der Waals surface area (Å²) in [6.07, 6.45) is 0.0976. The smallest absolute Gasteiger partial charge is 0.261 e. The third kappa shape index (κ3) is 3.68. The van der Waals surface area contributed by atoms with Gasteiger partial charge in [0.15, 0.2) is 6.10 Å². The highest BCUT2D eigenvalue weighted by molar-refractivity contribution is 5.89. The zero-order chi connectivity index (χ0) is 19.7. The number of para-hydroxylation sites is 1. The van der Waals surface area contributed by atoms with E-state index in [0.29, 0.717) is 12.2 Å². The normalized spacial score (nSPS) is 18.6. The third-order valence-electron chi connectivity index (χ3n) is 5.12. The molecule has 2 atom stereocenters. The number of ether oxygens (including phenoxy) is 2. The number of amides is 1. The highest BCUT2D eigenvalue weighted by Gasteiger charge is 2.35. The van der Waals surface area contributed by atoms with Crippen molar-refractivity contribution in [1.82, 2.24) is 5.32 Å². The number of nitrogens with one attached hydrogen (secondary N) is 1. The van der Waals surface area contributed by atoms with Crippen molar-refractivity contribution in [2.75, 3.05) is 0 Å². The Hall–Kier alpha value is -3.01. The predicted molar refractivity (Wildman–Crippen MR) is 111 cm³/mol. The fourth-order valence-corrected chi connectivity index (χ4v) is 3.76. The Morgan fingerprint density at radius 1 is 1.07 bits per heavy atom. The van der Waals surface area contributed by atoms with Crippen molar-refractivity contribution in [3.05, 3.63) is 72.3 Å². The second kappa shape index (κ2) is 7.19. The molecule has 1 N–H and O–H groups in total. The molecule has 4 heteroatoms. The molecule has 3 aromatic rings. The van der Waals surface area contributed by atoms with Crippen molar-refractivity contribution >= 4 is 16.7 Å². The number of fused-ring (bicyclic) bond motifs is 2. The average molecular weight is 375 g/mol. The Bertz CT molecular complexity index is 1010. The van der Waals surface area contributed by atoms with E-state index in [2.05, 4.69) is 5.32 Å². The molecule has 1 aliphatic heterocycles. The van der Waals surface area contributed by atoms with Gasteiger partial charge in [-0.3, -0.25) is 4.79 Å². The summed E-state index contributed by atoms with van der Waals surface area (Å²) >= 11 is 0. The lowest BCUT2D eigenvalue weighted by molar-refractivity contribution is -0.128. The van der Waals surface area contributed by atoms with Gasteiger partial charge in [0.1, 0.15) is 17.1 Å². The van der Waals surface area contributed by atoms with E-state index in [1.165, 1.54) is 0 Å². The maximum Gasteiger partial charge on any atom is 0.261 e. The first-order chi connectivity index (χ1) is 13.4. The van der Waals surface area contributed by atoms with Crippen molar-refractivity contribution in [2.45, 2.75) is 44.9 Å². The molecule has 0 unspecified atom stereocenters. The summed E-state index contributed by atoms with van der Waals surface area (Å²) in [5, 5.41) is 5.25. The van der Waals surface area contributed by atoms with Gasteiger partial charge < -0.3 is 14.8 Å². The van der Waals surface area contributed by atoms with E-state index in [0.717, 1.165) is 22.1 Å². The Balaban J connectivity index is 1.52. The van der Waals surface area contributed by atoms with Crippen LogP contribution in [0.3, 0.4) is 0 Å². The van der Waals surface area contributed by atoms with Gasteiger partial charge in [0.25, 0.3) is 5.91 Å². The van der Waals surface area contributed by atoms with Crippen molar-refractivity contribution in [2.24, 2.45) is 0 Å². The number of hydrogen-bond donors (Lipinski definition) is 1. The number of carbonyl (C=O) groups is 1. The van der Waals surface area contributed by atoms with Gasteiger partial charge in [-0.15, -0.1) is 0 Å². The Labute approximate surface area is 165 Å². The van der Waals surface area contributed by atoms with Gasteiger partial charge >= 0.3 is 0 Å². The van der Waals surface area contributed by atoms with E-state index < -0.39 is 6.10 Å². The van der Waals surface area contributed by atoms with Crippen LogP contribution in [0.1, 0.15) is 38.8 Å². The van der Waals surface area contributed by atoms with Crippen molar-refractivity contribution in [3.63, 3.8) is 0 Å². The lowest BCUT2D eigenvalue weighted by atomic mass is 9.89. The molecule has 0 saturated carbocycles. The van der Waals surface area contributed by atoms with Crippen LogP contribution in [-0.2, 0) is 4.79 Å². The van der Waals surface area contributed by atoms with Gasteiger partial charge in [-0.1, -0.05) is 54.6 Å². The molecule has 144 valence electrons. The molecule has 28 heavy (non-hydrogen) atoms. The molecule has 0 fully saturated rings. The van der Waals surface area contributed by atoms with E-state index >= 15 is 0 Å². The van der Waals surface area contributed by atoms with E-state index in [-0.39, 0.29) is 17.6 Å². The second-order valence-electron chi connectivity index (χ2n) is 7.90. The van der Waals surface area contributed by atoms with Crippen molar-refractivity contribution in [3.8, 4) is 11.5 Å². The van der Waals surface area contributed by atoms with Crippen LogP contribution in [0.2, 0.25) is 0 Å². The maximum atomic E-state index is 12.9. The molecule has 0 bridgehead atoms. The van der Waals surface area contributed by atoms with E-state index in [1.54, 1.807) is 6.92 Å². The van der Waals surface area contributed by atoms with Crippen LogP contribution in [-0.4, -0.2) is 17.6 Å². The van der Waals surface area contributed by atoms with E-state index in [1.807, 2.05) is 80.6 Å². The molecule has 0 radical (unpaired) electrons. The summed E-state index contributed by atoms with van der Waals surface area (Å²) < 4.78 is 12.1. The Kier molecular flexibility index (Phi) is 4.71. The molecule has 3 aromatic carbocycles. The molecule has 0 aliphatic carbocycles. The summed E-state index contributed by atoms with van der Waals surface area (Å²) in [4.78, 5) is 12.9. The van der Waals surface area contributed by atoms with Crippen molar-refractivity contribution in [1.29, 1.82) is 0 Å². The lowest BCUT2D eigenvalue weighted by Crippen LogP contribution is -2.44. The molecule has 0 spiro atoms. The van der Waals surface area contributed by atoms with E-state index in [4.69, 9.17) is 9.47 Å². The minimum atomic E-state index is -0.607. The Morgan fingerprint density at radius 2 is 1.79 bits per heavy atom. The standard InChI is InChI=1S/C24H25NO3/c1-16(27-21-14-8-10-17-9-4-5-11-18(17)21)23(26)25-20-15-24(2,3)28-22-13-7-6-12-19(20)22/h4-14,16,20H,15H2,1-3H3,(H,25,26)/t16-,20+/m1/s1. The van der Waals surface area contributed by atoms with Crippen LogP contribution in [0.4, 0.5) is 0 Å². The molecule has 1 aliphatic rings. The number of rotatable bonds is 4. The first kappa shape index (κ1) is 18.4. The molecule has 0 saturated heterocycles. The highest BCUT2D eigenvalue weighted by atomic mass is 16.5. The fourth-order valence-electron chi connectivity index (χ4n) is 3.76. The minimum absolute atomic E-state index is 0.106. The van der Waals surface area contributed by atoms with Gasteiger partial charge in [-0.2, -0.15) is 0 Å². The molecular formula is C24H25NO3. The highest BCUT2D eigenvalue weighted by Crippen LogP contribution is 2.39. The minimum Gasteiger partial charge on any atom is -0.487 e. The largest absolute Gasteiger partial charge is 0.487 e. The zero-order valence-corrected chi connectivity index (χ0v) is 16.4. The zero-order valence-electron chi connectivity index (χ0n) is 16.4. The van der Waals surface area contributed by atoms with Crippen LogP contribution >= 0.6 is 0 Å². The van der Waals surface area contributed by atoms with Crippen LogP contribution in [0.25, 0.3) is 10.8 Å². The molecule has 1 heterocycles. The SMILES string of the molecule is C[C@@H](Oc1cccc2ccccc12)C(=O)N[C@H]1CC(C)(C)Oc2ccccc21. The van der Waals surface area contributed by atoms with Gasteiger partial charge in [-0.25, -0.2) is 0 Å². The first-order valence-electron chi connectivity index (χ1n) is 9.66. The maximum absolute atomic E-state index is 12.9. The van der Waals surface area contributed by atoms with Gasteiger partial charge in [-0.05, 0) is 38.3 Å². The van der Waals surface area contributed by atoms with Gasteiger partial charge in [0.05, 0.1) is 6.04 Å². The van der Waals surface area contributed by atoms with Gasteiger partial charge in [0, 0.05) is 17.4 Å². The number of hydrogen-bond acceptors (Lipinski definition) is 3. The summed E-state index contributed by atoms with van der Waals surface area (Å²) in [7, 11) is 0. The summed E-state index contributed by atoms with van der Waals surface area (Å²) in [6, 6.07) is 21.7. The molecule has 4 rings (SSSR count). The van der Waals surface area contributed by atoms with Crippen molar-refractivity contribution < 1.29 is 14.3 Å². The van der Waals surface area contributed by atoms with Crippen LogP contribution in [0.5, 0.6) is 11.5 Å². The van der Waals surface area contributed by atoms with Gasteiger partial charge in [0.2, 0.25) is 0 Å². The predicted octanol–water partition coefficient (Wildman–Crippen LogP) is 5.03. The topological polar surface area (TPSA) is 47.6 Å². The first-order valence-corrected chi connectivity index (χ1v) is 9.66. The Morgan fingerprint density at radius 3 is 2.64 bits per heavy atom. The molecule has 0 aromatic heterocycles. The van der Waals surface area contributed by atoms with Crippen LogP contribution in [0, 0.1) is 0 Å². The average Bonchev–Trinajstić information content (AvgIpc) is 2.67. The summed E-state index contributed by atoms with van der Waals surface area (Å²) in [6.45, 7) is 5.86. The monoisotopic (exact) mass is 375 g/mol. The summed E-state index contributed by atoms with van der Waals surface area (Å²) in [5.74, 6) is 1.41. The fraction of sp³-hybridized carbons (Fsp3) is 0.292.